The van der Waals surface area contributed by atoms with Gasteiger partial charge in [-0.15, -0.1) is 0 Å². The standard InChI is InChI=1S/C63H100N4O40S9/c1-2-3-16-56(68)67-63(17-4-20-64-60(69)47-41-50(99-23-7-32-108(72,73)74)57(105-29-13-38-114(90,91)92)51(42-47)100-24-8-33-109(75,76)77,18-5-21-65-61(70)48-43-52(101-25-9-34-110(78,79)80)58(106-30-14-39-115(93,94)95)53(44-48)102-26-10-35-111(81,82)83)19-6-22-66-62(71)49-45-54(103-27-11-36-112(84,85)86)59(107-31-15-40-116(96,97)98)55(46-49)104-28-12-37-113(87,88)89/h41-46H,2-40H2,1H3,(H,64,69)(H,65,70)(H,66,71)(H,67,68)(H,72,73,74)(H,75,76,77)(H,78,79,80)(H,81,82,83)(H,84,85,86)(H,87,88,89)(H,90,91,92)(H,93,94,95)(H,96,97,98). The van der Waals surface area contributed by atoms with Crippen LogP contribution in [0.2, 0.25) is 0 Å². The van der Waals surface area contributed by atoms with E-state index in [1.165, 1.54) is 0 Å². The van der Waals surface area contributed by atoms with Gasteiger partial charge in [0.25, 0.3) is 109 Å². The molecule has 116 heavy (non-hydrogen) atoms. The van der Waals surface area contributed by atoms with E-state index in [0.717, 1.165) is 36.4 Å². The maximum absolute atomic E-state index is 14.3. The van der Waals surface area contributed by atoms with Crippen molar-refractivity contribution in [2.45, 2.75) is 128 Å². The molecule has 3 aromatic carbocycles. The molecule has 3 aromatic rings. The highest BCUT2D eigenvalue weighted by Crippen LogP contribution is 2.43. The molecule has 0 bridgehead atoms. The SMILES string of the molecule is CCCCC(=O)NC(CCCNC(=O)c1cc(OCCCS(=O)(=O)O)c(OCCCS(=O)(=O)O)c(OCCCS(=O)(=O)O)c1)(CCCNC(=O)c1cc(OCCCS(=O)(=O)O)c(OCCCS(=O)(=O)O)c(OCCCS(=O)(=O)O)c1)CCCNC(=O)c1cc(OCCCS(=O)(=O)O)c(OCCCS(=O)(=O)O)c(OCCCS(=O)(=O)O)c1. The molecule has 0 aromatic heterocycles. The lowest BCUT2D eigenvalue weighted by Gasteiger charge is -2.36. The Kier molecular flexibility index (Phi) is 43.4. The largest absolute Gasteiger partial charge is 0.489 e. The molecule has 0 radical (unpaired) electrons. The summed E-state index contributed by atoms with van der Waals surface area (Å²) in [5.74, 6) is -13.3. The molecule has 0 atom stereocenters. The van der Waals surface area contributed by atoms with Gasteiger partial charge in [-0.05, 0) is 139 Å². The van der Waals surface area contributed by atoms with Crippen molar-refractivity contribution < 1.29 is 179 Å². The van der Waals surface area contributed by atoms with E-state index in [0.29, 0.717) is 12.8 Å². The Morgan fingerprint density at radius 1 is 0.284 bits per heavy atom. The van der Waals surface area contributed by atoms with Crippen LogP contribution in [0.1, 0.15) is 154 Å². The molecule has 3 rings (SSSR count). The van der Waals surface area contributed by atoms with Gasteiger partial charge in [-0.3, -0.25) is 60.2 Å². The molecular weight excluding hydrogens is 1740 g/mol. The fourth-order valence-electron chi connectivity index (χ4n) is 10.4. The molecule has 0 spiro atoms. The Hall–Kier alpha value is -7.07. The summed E-state index contributed by atoms with van der Waals surface area (Å²) in [6.07, 6.45) is -2.36. The summed E-state index contributed by atoms with van der Waals surface area (Å²) in [6, 6.07) is 6.65. The highest BCUT2D eigenvalue weighted by atomic mass is 32.3. The Bertz CT molecular complexity index is 4160. The number of ether oxygens (including phenoxy) is 9. The topological polar surface area (TPSA) is 689 Å². The minimum atomic E-state index is -4.53. The van der Waals surface area contributed by atoms with Gasteiger partial charge in [0.1, 0.15) is 0 Å². The number of nitrogens with one attached hydrogen (secondary N) is 4. The summed E-state index contributed by atoms with van der Waals surface area (Å²) in [7, 11) is -40.7. The summed E-state index contributed by atoms with van der Waals surface area (Å²) >= 11 is 0. The summed E-state index contributed by atoms with van der Waals surface area (Å²) < 4.78 is 345. The zero-order valence-corrected chi connectivity index (χ0v) is 70.2. The zero-order valence-electron chi connectivity index (χ0n) is 62.9. The van der Waals surface area contributed by atoms with E-state index < -0.39 is 231 Å². The van der Waals surface area contributed by atoms with E-state index in [1.54, 1.807) is 6.92 Å². The van der Waals surface area contributed by atoms with Gasteiger partial charge in [0.2, 0.25) is 23.2 Å². The number of unbranched alkanes of at least 4 members (excludes halogenated alkanes) is 1. The lowest BCUT2D eigenvalue weighted by atomic mass is 9.83. The van der Waals surface area contributed by atoms with Gasteiger partial charge in [0, 0.05) is 48.3 Å². The van der Waals surface area contributed by atoms with Crippen LogP contribution in [-0.2, 0) is 95.9 Å². The molecule has 44 nitrogen and oxygen atoms in total. The number of amides is 4. The maximum atomic E-state index is 14.3. The molecule has 13 N–H and O–H groups in total. The van der Waals surface area contributed by atoms with Crippen molar-refractivity contribution in [3.8, 4) is 51.7 Å². The molecule has 0 heterocycles. The summed E-state index contributed by atoms with van der Waals surface area (Å²) in [5, 5.41) is 11.3. The quantitative estimate of drug-likeness (QED) is 0.0285. The maximum Gasteiger partial charge on any atom is 0.264 e. The van der Waals surface area contributed by atoms with Crippen LogP contribution in [0.4, 0.5) is 0 Å². The number of carbonyl (C=O) groups excluding carboxylic acids is 4. The second-order valence-corrected chi connectivity index (χ2v) is 40.0. The van der Waals surface area contributed by atoms with Crippen LogP contribution in [0.25, 0.3) is 0 Å². The van der Waals surface area contributed by atoms with Crippen LogP contribution in [0, 0.1) is 0 Å². The first-order valence-electron chi connectivity index (χ1n) is 35.6. The molecule has 0 aliphatic rings. The van der Waals surface area contributed by atoms with Crippen LogP contribution >= 0.6 is 0 Å². The van der Waals surface area contributed by atoms with Gasteiger partial charge in [0.05, 0.1) is 111 Å². The lowest BCUT2D eigenvalue weighted by Crippen LogP contribution is -2.49. The fraction of sp³-hybridized carbons (Fsp3) is 0.651. The Labute approximate surface area is 673 Å². The van der Waals surface area contributed by atoms with Gasteiger partial charge < -0.3 is 63.9 Å². The fourth-order valence-corrected chi connectivity index (χ4v) is 14.8. The second-order valence-electron chi connectivity index (χ2n) is 25.8. The Morgan fingerprint density at radius 3 is 0.638 bits per heavy atom. The average molecular weight is 1840 g/mol. The van der Waals surface area contributed by atoms with Crippen molar-refractivity contribution in [3.63, 3.8) is 0 Å². The van der Waals surface area contributed by atoms with E-state index in [-0.39, 0.29) is 191 Å². The molecule has 0 aliphatic carbocycles. The number of benzene rings is 3. The van der Waals surface area contributed by atoms with Crippen molar-refractivity contribution >= 4 is 115 Å². The molecule has 53 heteroatoms. The number of hydrogen-bond acceptors (Lipinski definition) is 31. The molecular formula is C63H100N4O40S9. The van der Waals surface area contributed by atoms with Crippen molar-refractivity contribution in [2.24, 2.45) is 0 Å². The summed E-state index contributed by atoms with van der Waals surface area (Å²) in [5.41, 5.74) is -2.13. The second kappa shape index (κ2) is 48.9. The zero-order chi connectivity index (χ0) is 87.2. The Morgan fingerprint density at radius 2 is 0.466 bits per heavy atom. The van der Waals surface area contributed by atoms with Crippen molar-refractivity contribution in [2.75, 3.05) is 131 Å². The van der Waals surface area contributed by atoms with Crippen LogP contribution < -0.4 is 63.9 Å². The Balaban J connectivity index is 2.23. The average Bonchev–Trinajstić information content (AvgIpc) is 0.821. The number of carbonyl (C=O) groups is 4. The third kappa shape index (κ3) is 48.1. The first-order chi connectivity index (χ1) is 53.7. The molecule has 666 valence electrons. The van der Waals surface area contributed by atoms with Crippen molar-refractivity contribution in [3.05, 3.63) is 53.1 Å². The summed E-state index contributed by atoms with van der Waals surface area (Å²) in [6.45, 7) is -3.15. The number of hydrogen-bond donors (Lipinski definition) is 13. The lowest BCUT2D eigenvalue weighted by molar-refractivity contribution is -0.123. The normalized spacial score (nSPS) is 12.6. The monoisotopic (exact) mass is 1840 g/mol. The molecule has 0 saturated carbocycles. The molecule has 4 amide bonds. The van der Waals surface area contributed by atoms with Crippen molar-refractivity contribution in [1.82, 2.24) is 21.3 Å². The van der Waals surface area contributed by atoms with E-state index in [9.17, 15) is 136 Å². The minimum absolute atomic E-state index is 0.0139. The van der Waals surface area contributed by atoms with Gasteiger partial charge >= 0.3 is 0 Å². The molecule has 0 fully saturated rings. The van der Waals surface area contributed by atoms with E-state index in [1.807, 2.05) is 0 Å². The summed E-state index contributed by atoms with van der Waals surface area (Å²) in [4.78, 5) is 57.1. The van der Waals surface area contributed by atoms with Gasteiger partial charge in [0.15, 0.2) is 34.5 Å². The van der Waals surface area contributed by atoms with E-state index in [4.69, 9.17) is 42.6 Å². The first-order valence-corrected chi connectivity index (χ1v) is 50.1. The predicted molar refractivity (Wildman–Crippen MR) is 413 cm³/mol. The highest BCUT2D eigenvalue weighted by Gasteiger charge is 2.32. The minimum Gasteiger partial charge on any atom is -0.489 e. The smallest absolute Gasteiger partial charge is 0.264 e. The van der Waals surface area contributed by atoms with Crippen LogP contribution in [0.5, 0.6) is 51.7 Å². The first kappa shape index (κ1) is 103. The molecule has 0 saturated heterocycles. The van der Waals surface area contributed by atoms with Crippen LogP contribution in [0.15, 0.2) is 36.4 Å². The third-order valence-electron chi connectivity index (χ3n) is 15.6. The third-order valence-corrected chi connectivity index (χ3v) is 22.8. The molecule has 0 aliphatic heterocycles. The van der Waals surface area contributed by atoms with Crippen molar-refractivity contribution in [1.29, 1.82) is 0 Å². The predicted octanol–water partition coefficient (Wildman–Crippen LogP) is 2.57. The van der Waals surface area contributed by atoms with Gasteiger partial charge in [-0.25, -0.2) is 0 Å². The number of rotatable bonds is 64. The van der Waals surface area contributed by atoms with E-state index in [2.05, 4.69) is 21.3 Å². The van der Waals surface area contributed by atoms with Crippen LogP contribution in [-0.4, -0.2) is 277 Å². The van der Waals surface area contributed by atoms with Crippen LogP contribution in [0.3, 0.4) is 0 Å². The highest BCUT2D eigenvalue weighted by molar-refractivity contribution is 7.87. The van der Waals surface area contributed by atoms with Gasteiger partial charge in [-0.1, -0.05) is 13.3 Å². The molecule has 0 unspecified atom stereocenters. The van der Waals surface area contributed by atoms with Gasteiger partial charge in [-0.2, -0.15) is 75.8 Å². The van der Waals surface area contributed by atoms with E-state index >= 15 is 0 Å².